The first-order chi connectivity index (χ1) is 8.04. The number of ether oxygens (including phenoxy) is 1. The number of carbonyl (C=O) groups excluding carboxylic acids is 2. The Hall–Kier alpha value is -1.91. The van der Waals surface area contributed by atoms with E-state index in [4.69, 9.17) is 4.74 Å². The lowest BCUT2D eigenvalue weighted by Gasteiger charge is -2.13. The molecule has 0 N–H and O–H groups in total. The van der Waals surface area contributed by atoms with Crippen LogP contribution in [0.2, 0.25) is 0 Å². The maximum atomic E-state index is 11.7. The fraction of sp³-hybridized carbons (Fsp3) is 0.417. The number of aliphatic imine (C=N–C) groups is 1. The highest BCUT2D eigenvalue weighted by Crippen LogP contribution is 2.17. The summed E-state index contributed by atoms with van der Waals surface area (Å²) in [5.41, 5.74) is 0.648. The van der Waals surface area contributed by atoms with E-state index in [2.05, 4.69) is 4.99 Å². The maximum Gasteiger partial charge on any atom is 0.341 e. The van der Waals surface area contributed by atoms with E-state index in [1.807, 2.05) is 0 Å². The van der Waals surface area contributed by atoms with E-state index < -0.39 is 5.97 Å². The van der Waals surface area contributed by atoms with Gasteiger partial charge in [0.2, 0.25) is 0 Å². The molecule has 1 aliphatic rings. The molecule has 0 spiro atoms. The van der Waals surface area contributed by atoms with E-state index in [1.54, 1.807) is 32.1 Å². The highest BCUT2D eigenvalue weighted by atomic mass is 16.5. The Labute approximate surface area is 100 Å². The van der Waals surface area contributed by atoms with Crippen LogP contribution in [0.5, 0.6) is 0 Å². The minimum absolute atomic E-state index is 0.0658. The molecule has 5 nitrogen and oxygen atoms in total. The average Bonchev–Trinajstić information content (AvgIpc) is 2.26. The lowest BCUT2D eigenvalue weighted by molar-refractivity contribution is -0.138. The van der Waals surface area contributed by atoms with Crippen molar-refractivity contribution < 1.29 is 14.3 Å². The molecule has 0 aromatic carbocycles. The Bertz CT molecular complexity index is 406. The topological polar surface area (TPSA) is 59.0 Å². The summed E-state index contributed by atoms with van der Waals surface area (Å²) in [6, 6.07) is 0. The van der Waals surface area contributed by atoms with Gasteiger partial charge in [-0.15, -0.1) is 0 Å². The standard InChI is InChI=1S/C12H16N2O3/c1-4-17-12(16)10(8-14(2)3)11-7-9(15)5-6-13-11/h6-8H,4-5H2,1-3H3. The zero-order valence-corrected chi connectivity index (χ0v) is 10.3. The summed E-state index contributed by atoms with van der Waals surface area (Å²) in [5.74, 6) is -0.539. The second kappa shape index (κ2) is 5.98. The normalized spacial score (nSPS) is 15.6. The molecule has 0 bridgehead atoms. The predicted molar refractivity (Wildman–Crippen MR) is 64.6 cm³/mol. The van der Waals surface area contributed by atoms with Crippen LogP contribution < -0.4 is 0 Å². The van der Waals surface area contributed by atoms with Gasteiger partial charge in [-0.1, -0.05) is 0 Å². The van der Waals surface area contributed by atoms with Gasteiger partial charge in [0.25, 0.3) is 0 Å². The van der Waals surface area contributed by atoms with Gasteiger partial charge >= 0.3 is 5.97 Å². The summed E-state index contributed by atoms with van der Waals surface area (Å²) >= 11 is 0. The second-order valence-electron chi connectivity index (χ2n) is 3.74. The second-order valence-corrected chi connectivity index (χ2v) is 3.74. The highest BCUT2D eigenvalue weighted by molar-refractivity contribution is 6.05. The van der Waals surface area contributed by atoms with Crippen LogP contribution in [0.4, 0.5) is 0 Å². The fourth-order valence-corrected chi connectivity index (χ4v) is 1.32. The van der Waals surface area contributed by atoms with Crippen molar-refractivity contribution in [3.05, 3.63) is 23.5 Å². The molecular weight excluding hydrogens is 220 g/mol. The third-order valence-electron chi connectivity index (χ3n) is 1.98. The maximum absolute atomic E-state index is 11.7. The van der Waals surface area contributed by atoms with Gasteiger partial charge in [0.15, 0.2) is 5.78 Å². The third-order valence-corrected chi connectivity index (χ3v) is 1.98. The molecule has 0 unspecified atom stereocenters. The number of nitrogens with zero attached hydrogens (tertiary/aromatic N) is 2. The van der Waals surface area contributed by atoms with Crippen molar-refractivity contribution in [2.45, 2.75) is 13.3 Å². The van der Waals surface area contributed by atoms with E-state index in [1.165, 1.54) is 12.3 Å². The first-order valence-corrected chi connectivity index (χ1v) is 5.37. The van der Waals surface area contributed by atoms with E-state index >= 15 is 0 Å². The molecule has 5 heteroatoms. The minimum Gasteiger partial charge on any atom is -0.462 e. The Balaban J connectivity index is 3.03. The highest BCUT2D eigenvalue weighted by Gasteiger charge is 2.18. The predicted octanol–water partition coefficient (Wildman–Crippen LogP) is 0.923. The average molecular weight is 236 g/mol. The monoisotopic (exact) mass is 236 g/mol. The van der Waals surface area contributed by atoms with Gasteiger partial charge in [0.05, 0.1) is 12.3 Å². The molecule has 0 saturated carbocycles. The van der Waals surface area contributed by atoms with E-state index in [0.717, 1.165) is 0 Å². The summed E-state index contributed by atoms with van der Waals surface area (Å²) in [5, 5.41) is 0. The largest absolute Gasteiger partial charge is 0.462 e. The molecule has 1 rings (SSSR count). The Kier molecular flexibility index (Phi) is 4.63. The van der Waals surface area contributed by atoms with Crippen molar-refractivity contribution in [3.63, 3.8) is 0 Å². The van der Waals surface area contributed by atoms with Crippen molar-refractivity contribution in [2.75, 3.05) is 20.7 Å². The molecule has 0 fully saturated rings. The van der Waals surface area contributed by atoms with Gasteiger partial charge in [-0.2, -0.15) is 0 Å². The fourth-order valence-electron chi connectivity index (χ4n) is 1.32. The van der Waals surface area contributed by atoms with Crippen molar-refractivity contribution in [2.24, 2.45) is 4.99 Å². The number of hydrogen-bond donors (Lipinski definition) is 0. The smallest absolute Gasteiger partial charge is 0.341 e. The molecule has 0 radical (unpaired) electrons. The van der Waals surface area contributed by atoms with E-state index in [-0.39, 0.29) is 18.8 Å². The molecule has 0 aromatic rings. The Morgan fingerprint density at radius 1 is 1.59 bits per heavy atom. The van der Waals surface area contributed by atoms with E-state index in [0.29, 0.717) is 11.3 Å². The van der Waals surface area contributed by atoms with Crippen molar-refractivity contribution >= 4 is 18.0 Å². The lowest BCUT2D eigenvalue weighted by Crippen LogP contribution is -2.15. The zero-order chi connectivity index (χ0) is 12.8. The first-order valence-electron chi connectivity index (χ1n) is 5.37. The number of esters is 1. The Morgan fingerprint density at radius 3 is 2.82 bits per heavy atom. The van der Waals surface area contributed by atoms with Gasteiger partial charge in [-0.25, -0.2) is 4.79 Å². The summed E-state index contributed by atoms with van der Waals surface area (Å²) in [6.45, 7) is 2.02. The molecular formula is C12H16N2O3. The number of carbonyl (C=O) groups is 2. The molecule has 0 amide bonds. The molecule has 17 heavy (non-hydrogen) atoms. The SMILES string of the molecule is CCOC(=O)C(=CN(C)C)C1=CC(=O)CC=N1. The quantitative estimate of drug-likeness (QED) is 0.538. The van der Waals surface area contributed by atoms with Gasteiger partial charge in [0, 0.05) is 39.0 Å². The van der Waals surface area contributed by atoms with Crippen molar-refractivity contribution in [1.29, 1.82) is 0 Å². The molecule has 92 valence electrons. The Morgan fingerprint density at radius 2 is 2.29 bits per heavy atom. The van der Waals surface area contributed by atoms with Crippen LogP contribution in [0.15, 0.2) is 28.5 Å². The van der Waals surface area contributed by atoms with Crippen molar-refractivity contribution in [1.82, 2.24) is 4.90 Å². The summed E-state index contributed by atoms with van der Waals surface area (Å²) in [7, 11) is 3.57. The first kappa shape index (κ1) is 13.2. The van der Waals surface area contributed by atoms with Crippen molar-refractivity contribution in [3.8, 4) is 0 Å². The van der Waals surface area contributed by atoms with Crippen LogP contribution in [-0.2, 0) is 14.3 Å². The molecule has 1 heterocycles. The van der Waals surface area contributed by atoms with Gasteiger partial charge in [-0.3, -0.25) is 9.79 Å². The van der Waals surface area contributed by atoms with Crippen LogP contribution in [-0.4, -0.2) is 43.6 Å². The molecule has 1 aliphatic heterocycles. The van der Waals surface area contributed by atoms with Crippen LogP contribution >= 0.6 is 0 Å². The summed E-state index contributed by atoms with van der Waals surface area (Å²) in [4.78, 5) is 28.8. The molecule has 0 aliphatic carbocycles. The van der Waals surface area contributed by atoms with E-state index in [9.17, 15) is 9.59 Å². The zero-order valence-electron chi connectivity index (χ0n) is 10.3. The minimum atomic E-state index is -0.473. The molecule has 0 saturated heterocycles. The van der Waals surface area contributed by atoms with Gasteiger partial charge in [0.1, 0.15) is 5.57 Å². The number of rotatable bonds is 4. The summed E-state index contributed by atoms with van der Waals surface area (Å²) < 4.78 is 4.93. The number of ketones is 1. The van der Waals surface area contributed by atoms with Crippen LogP contribution in [0.3, 0.4) is 0 Å². The van der Waals surface area contributed by atoms with Crippen LogP contribution in [0.25, 0.3) is 0 Å². The van der Waals surface area contributed by atoms with Crippen LogP contribution in [0.1, 0.15) is 13.3 Å². The molecule has 0 atom stereocenters. The number of hydrogen-bond acceptors (Lipinski definition) is 5. The lowest BCUT2D eigenvalue weighted by atomic mass is 10.1. The summed E-state index contributed by atoms with van der Waals surface area (Å²) in [6.07, 6.45) is 4.74. The number of allylic oxidation sites excluding steroid dienone is 1. The van der Waals surface area contributed by atoms with Crippen LogP contribution in [0, 0.1) is 0 Å². The van der Waals surface area contributed by atoms with Gasteiger partial charge in [-0.05, 0) is 6.92 Å². The van der Waals surface area contributed by atoms with Gasteiger partial charge < -0.3 is 9.64 Å². The molecule has 0 aromatic heterocycles. The third kappa shape index (κ3) is 3.86.